The van der Waals surface area contributed by atoms with Crippen molar-refractivity contribution in [3.8, 4) is 0 Å². The molecule has 0 N–H and O–H groups in total. The third kappa shape index (κ3) is 5.39. The van der Waals surface area contributed by atoms with Gasteiger partial charge >= 0.3 is 6.18 Å². The van der Waals surface area contributed by atoms with E-state index in [0.717, 1.165) is 37.1 Å². The van der Waals surface area contributed by atoms with Crippen LogP contribution in [0.3, 0.4) is 0 Å². The minimum atomic E-state index is -4.48. The second-order valence-corrected chi connectivity index (χ2v) is 9.70. The van der Waals surface area contributed by atoms with Crippen LogP contribution in [0, 0.1) is 18.8 Å². The number of carbonyl (C=O) groups excluding carboxylic acids is 1. The first-order valence-corrected chi connectivity index (χ1v) is 12.3. The summed E-state index contributed by atoms with van der Waals surface area (Å²) < 4.78 is 39.8. The van der Waals surface area contributed by atoms with Crippen molar-refractivity contribution >= 4 is 23.4 Å². The number of rotatable bonds is 6. The summed E-state index contributed by atoms with van der Waals surface area (Å²) in [6.45, 7) is 2.90. The molecular formula is C25H28F3N7O. The summed E-state index contributed by atoms with van der Waals surface area (Å²) in [4.78, 5) is 15.9. The zero-order chi connectivity index (χ0) is 25.3. The zero-order valence-electron chi connectivity index (χ0n) is 20.1. The van der Waals surface area contributed by atoms with E-state index in [2.05, 4.69) is 25.6 Å². The smallest absolute Gasteiger partial charge is 0.339 e. The van der Waals surface area contributed by atoms with Crippen LogP contribution in [0.25, 0.3) is 6.08 Å². The van der Waals surface area contributed by atoms with Gasteiger partial charge in [0.15, 0.2) is 5.82 Å². The Kier molecular flexibility index (Phi) is 6.72. The predicted molar refractivity (Wildman–Crippen MR) is 128 cm³/mol. The molecule has 5 rings (SSSR count). The number of hydrogen-bond donors (Lipinski definition) is 0. The second-order valence-electron chi connectivity index (χ2n) is 9.70. The number of aryl methyl sites for hydroxylation is 1. The van der Waals surface area contributed by atoms with Gasteiger partial charge in [0, 0.05) is 42.9 Å². The van der Waals surface area contributed by atoms with Crippen LogP contribution in [0.15, 0.2) is 34.5 Å². The Morgan fingerprint density at radius 3 is 2.36 bits per heavy atom. The quantitative estimate of drug-likeness (QED) is 0.555. The van der Waals surface area contributed by atoms with Crippen molar-refractivity contribution < 1.29 is 18.0 Å². The highest BCUT2D eigenvalue weighted by atomic mass is 19.4. The first-order valence-electron chi connectivity index (χ1n) is 12.3. The predicted octanol–water partition coefficient (Wildman–Crippen LogP) is 4.30. The van der Waals surface area contributed by atoms with Crippen molar-refractivity contribution in [2.45, 2.75) is 58.2 Å². The molecule has 2 aliphatic heterocycles. The van der Waals surface area contributed by atoms with Crippen LogP contribution < -0.4 is 0 Å². The Balaban J connectivity index is 1.21. The minimum Gasteiger partial charge on any atom is -0.339 e. The van der Waals surface area contributed by atoms with E-state index in [1.54, 1.807) is 17.9 Å². The number of halogens is 3. The normalized spacial score (nSPS) is 19.5. The Hall–Kier alpha value is -3.37. The van der Waals surface area contributed by atoms with Crippen LogP contribution >= 0.6 is 0 Å². The summed E-state index contributed by atoms with van der Waals surface area (Å²) in [6, 6.07) is 3.45. The van der Waals surface area contributed by atoms with Gasteiger partial charge in [0.1, 0.15) is 0 Å². The number of aromatic nitrogens is 4. The number of amides is 1. The molecule has 1 amide bonds. The molecule has 190 valence electrons. The summed E-state index contributed by atoms with van der Waals surface area (Å²) >= 11 is 0. The first kappa shape index (κ1) is 24.3. The van der Waals surface area contributed by atoms with Crippen LogP contribution in [-0.2, 0) is 17.5 Å². The number of benzene rings is 1. The summed E-state index contributed by atoms with van der Waals surface area (Å²) in [5, 5.41) is 20.6. The Morgan fingerprint density at radius 2 is 1.78 bits per heavy atom. The lowest BCUT2D eigenvalue weighted by molar-refractivity contribution is -0.137. The Morgan fingerprint density at radius 1 is 1.08 bits per heavy atom. The number of tetrazole rings is 1. The molecule has 1 aromatic heterocycles. The molecule has 1 aliphatic carbocycles. The lowest BCUT2D eigenvalue weighted by Gasteiger charge is -2.31. The molecule has 0 radical (unpaired) electrons. The van der Waals surface area contributed by atoms with E-state index in [4.69, 9.17) is 0 Å². The van der Waals surface area contributed by atoms with Gasteiger partial charge in [0.2, 0.25) is 5.91 Å². The van der Waals surface area contributed by atoms with E-state index < -0.39 is 11.7 Å². The summed E-state index contributed by atoms with van der Waals surface area (Å²) in [5.74, 6) is 1.22. The van der Waals surface area contributed by atoms with Crippen molar-refractivity contribution in [2.75, 3.05) is 13.1 Å². The van der Waals surface area contributed by atoms with Gasteiger partial charge in [0.25, 0.3) is 0 Å². The van der Waals surface area contributed by atoms with E-state index >= 15 is 0 Å². The molecule has 36 heavy (non-hydrogen) atoms. The monoisotopic (exact) mass is 499 g/mol. The van der Waals surface area contributed by atoms with Crippen molar-refractivity contribution in [1.29, 1.82) is 0 Å². The maximum absolute atomic E-state index is 13.3. The van der Waals surface area contributed by atoms with Crippen molar-refractivity contribution in [1.82, 2.24) is 25.1 Å². The molecule has 0 spiro atoms. The van der Waals surface area contributed by atoms with Crippen molar-refractivity contribution in [3.63, 3.8) is 0 Å². The van der Waals surface area contributed by atoms with Crippen LogP contribution in [-0.4, -0.2) is 55.5 Å². The number of nitrogens with zero attached hydrogens (tertiary/aromatic N) is 7. The number of alkyl halides is 3. The molecule has 3 heterocycles. The first-order chi connectivity index (χ1) is 17.3. The molecule has 11 heteroatoms. The molecule has 1 saturated carbocycles. The van der Waals surface area contributed by atoms with E-state index in [1.165, 1.54) is 41.9 Å². The average Bonchev–Trinajstić information content (AvgIpc) is 3.45. The van der Waals surface area contributed by atoms with Gasteiger partial charge in [-0.1, -0.05) is 12.5 Å². The minimum absolute atomic E-state index is 0.0110. The fourth-order valence-electron chi connectivity index (χ4n) is 4.90. The van der Waals surface area contributed by atoms with E-state index in [-0.39, 0.29) is 12.5 Å². The highest BCUT2D eigenvalue weighted by molar-refractivity contribution is 6.09. The van der Waals surface area contributed by atoms with Gasteiger partial charge in [-0.25, -0.2) is 0 Å². The highest BCUT2D eigenvalue weighted by Crippen LogP contribution is 2.33. The summed E-state index contributed by atoms with van der Waals surface area (Å²) in [6.07, 6.45) is 4.79. The second kappa shape index (κ2) is 9.94. The molecule has 0 unspecified atom stereocenters. The van der Waals surface area contributed by atoms with E-state index in [0.29, 0.717) is 41.9 Å². The molecule has 8 nitrogen and oxygen atoms in total. The van der Waals surface area contributed by atoms with Gasteiger partial charge in [-0.05, 0) is 73.1 Å². The highest BCUT2D eigenvalue weighted by Gasteiger charge is 2.32. The molecule has 1 saturated heterocycles. The standard InChI is InChI=1S/C25H28F3N7O/c1-16-29-33-35(32-16)15-20-13-21(25(26,27)28)7-5-17(20)6-8-24(36)34-11-9-19(10-12-34)23-14-22(30-31-23)18-3-2-4-18/h5-8,13,18-19H,2-4,9-12,14-15H2,1H3/b8-6+. The van der Waals surface area contributed by atoms with Crippen LogP contribution in [0.2, 0.25) is 0 Å². The maximum Gasteiger partial charge on any atom is 0.416 e. The van der Waals surface area contributed by atoms with Gasteiger partial charge in [-0.3, -0.25) is 4.79 Å². The van der Waals surface area contributed by atoms with Gasteiger partial charge < -0.3 is 4.90 Å². The van der Waals surface area contributed by atoms with Gasteiger partial charge in [-0.15, -0.1) is 10.2 Å². The maximum atomic E-state index is 13.3. The van der Waals surface area contributed by atoms with Gasteiger partial charge in [0.05, 0.1) is 12.1 Å². The summed E-state index contributed by atoms with van der Waals surface area (Å²) in [7, 11) is 0. The lowest BCUT2D eigenvalue weighted by Crippen LogP contribution is -2.39. The fraction of sp³-hybridized carbons (Fsp3) is 0.520. The fourth-order valence-corrected chi connectivity index (χ4v) is 4.90. The van der Waals surface area contributed by atoms with Crippen molar-refractivity contribution in [2.24, 2.45) is 22.0 Å². The number of piperidine rings is 1. The van der Waals surface area contributed by atoms with E-state index in [9.17, 15) is 18.0 Å². The molecule has 0 atom stereocenters. The number of likely N-dealkylation sites (tertiary alicyclic amines) is 1. The average molecular weight is 500 g/mol. The van der Waals surface area contributed by atoms with Crippen molar-refractivity contribution in [3.05, 3.63) is 46.8 Å². The topological polar surface area (TPSA) is 88.6 Å². The SMILES string of the molecule is Cc1nnn(Cc2cc(C(F)(F)F)ccc2/C=C/C(=O)N2CCC(C3=NN=C(C4CCC4)C3)CC2)n1. The number of carbonyl (C=O) groups is 1. The number of hydrogen-bond acceptors (Lipinski definition) is 6. The molecule has 0 bridgehead atoms. The molecular weight excluding hydrogens is 471 g/mol. The molecule has 1 aromatic carbocycles. The summed E-state index contributed by atoms with van der Waals surface area (Å²) in [5.41, 5.74) is 2.46. The van der Waals surface area contributed by atoms with Crippen LogP contribution in [0.1, 0.15) is 61.0 Å². The Bertz CT molecular complexity index is 1220. The van der Waals surface area contributed by atoms with E-state index in [1.807, 2.05) is 0 Å². The van der Waals surface area contributed by atoms with Crippen LogP contribution in [0.4, 0.5) is 13.2 Å². The molecule has 3 aliphatic rings. The van der Waals surface area contributed by atoms with Gasteiger partial charge in [-0.2, -0.15) is 28.2 Å². The largest absolute Gasteiger partial charge is 0.416 e. The zero-order valence-corrected chi connectivity index (χ0v) is 20.1. The third-order valence-corrected chi connectivity index (χ3v) is 7.26. The lowest BCUT2D eigenvalue weighted by atomic mass is 9.78. The molecule has 2 aromatic rings. The Labute approximate surface area is 207 Å². The van der Waals surface area contributed by atoms with Crippen LogP contribution in [0.5, 0.6) is 0 Å². The third-order valence-electron chi connectivity index (χ3n) is 7.26. The molecule has 2 fully saturated rings.